The molecule has 1 unspecified atom stereocenters. The molecular formula is C9H11N3O. The molecule has 0 saturated carbocycles. The van der Waals surface area contributed by atoms with Gasteiger partial charge in [-0.3, -0.25) is 0 Å². The lowest BCUT2D eigenvalue weighted by Gasteiger charge is -2.04. The van der Waals surface area contributed by atoms with Crippen molar-refractivity contribution in [2.75, 3.05) is 0 Å². The predicted octanol–water partition coefficient (Wildman–Crippen LogP) is 2.55. The van der Waals surface area contributed by atoms with Crippen LogP contribution in [0, 0.1) is 0 Å². The molecule has 68 valence electrons. The first-order valence-electron chi connectivity index (χ1n) is 4.02. The average Bonchev–Trinajstić information content (AvgIpc) is 2.18. The number of aliphatic hydroxyl groups is 1. The Balaban J connectivity index is 2.85. The lowest BCUT2D eigenvalue weighted by molar-refractivity contribution is 0.282. The van der Waals surface area contributed by atoms with Crippen LogP contribution in [0.25, 0.3) is 10.4 Å². The highest BCUT2D eigenvalue weighted by atomic mass is 16.3. The molecule has 0 amide bonds. The van der Waals surface area contributed by atoms with Crippen molar-refractivity contribution >= 4 is 0 Å². The molecule has 0 heterocycles. The summed E-state index contributed by atoms with van der Waals surface area (Å²) >= 11 is 0. The van der Waals surface area contributed by atoms with E-state index in [2.05, 4.69) is 10.0 Å². The molecule has 0 spiro atoms. The summed E-state index contributed by atoms with van der Waals surface area (Å²) < 4.78 is 0. The number of hydrogen-bond donors (Lipinski definition) is 1. The average molecular weight is 177 g/mol. The molecule has 0 aliphatic rings. The fraction of sp³-hybridized carbons (Fsp3) is 0.333. The zero-order valence-corrected chi connectivity index (χ0v) is 7.38. The first-order chi connectivity index (χ1) is 6.27. The van der Waals surface area contributed by atoms with Crippen LogP contribution >= 0.6 is 0 Å². The highest BCUT2D eigenvalue weighted by Crippen LogP contribution is 2.17. The second-order valence-corrected chi connectivity index (χ2v) is 2.78. The Kier molecular flexibility index (Phi) is 3.31. The third kappa shape index (κ3) is 2.47. The molecule has 4 heteroatoms. The number of azide groups is 1. The Hall–Kier alpha value is -1.51. The van der Waals surface area contributed by atoms with Crippen molar-refractivity contribution in [2.24, 2.45) is 5.11 Å². The van der Waals surface area contributed by atoms with Crippen LogP contribution < -0.4 is 0 Å². The minimum Gasteiger partial charge on any atom is -0.392 e. The maximum absolute atomic E-state index is 8.79. The van der Waals surface area contributed by atoms with Crippen molar-refractivity contribution in [3.63, 3.8) is 0 Å². The number of nitrogens with zero attached hydrogens (tertiary/aromatic N) is 3. The van der Waals surface area contributed by atoms with Gasteiger partial charge in [0.25, 0.3) is 0 Å². The van der Waals surface area contributed by atoms with Crippen molar-refractivity contribution in [3.8, 4) is 0 Å². The monoisotopic (exact) mass is 177 g/mol. The molecule has 0 aromatic heterocycles. The smallest absolute Gasteiger partial charge is 0.0681 e. The van der Waals surface area contributed by atoms with Gasteiger partial charge in [-0.15, -0.1) is 0 Å². The van der Waals surface area contributed by atoms with E-state index >= 15 is 0 Å². The molecule has 13 heavy (non-hydrogen) atoms. The number of aliphatic hydroxyl groups excluding tert-OH is 1. The summed E-state index contributed by atoms with van der Waals surface area (Å²) in [5.41, 5.74) is 10.0. The van der Waals surface area contributed by atoms with E-state index in [0.717, 1.165) is 11.1 Å². The van der Waals surface area contributed by atoms with Gasteiger partial charge in [0.1, 0.15) is 0 Å². The number of benzene rings is 1. The molecule has 0 fully saturated rings. The number of hydrogen-bond acceptors (Lipinski definition) is 2. The van der Waals surface area contributed by atoms with Gasteiger partial charge in [0.2, 0.25) is 0 Å². The summed E-state index contributed by atoms with van der Waals surface area (Å²) in [6.45, 7) is 1.86. The summed E-state index contributed by atoms with van der Waals surface area (Å²) in [5, 5.41) is 12.4. The zero-order valence-electron chi connectivity index (χ0n) is 7.38. The van der Waals surface area contributed by atoms with Gasteiger partial charge in [0.05, 0.1) is 12.6 Å². The SMILES string of the molecule is CC(N=[N+]=[N-])c1ccc(CO)cc1. The highest BCUT2D eigenvalue weighted by molar-refractivity contribution is 5.24. The van der Waals surface area contributed by atoms with E-state index < -0.39 is 0 Å². The Morgan fingerprint density at radius 1 is 1.46 bits per heavy atom. The Bertz CT molecular complexity index is 314. The van der Waals surface area contributed by atoms with Gasteiger partial charge in [-0.1, -0.05) is 36.3 Å². The summed E-state index contributed by atoms with van der Waals surface area (Å²) in [7, 11) is 0. The van der Waals surface area contributed by atoms with Crippen molar-refractivity contribution in [1.29, 1.82) is 0 Å². The molecule has 1 aromatic carbocycles. The maximum Gasteiger partial charge on any atom is 0.0681 e. The van der Waals surface area contributed by atoms with E-state index in [9.17, 15) is 0 Å². The van der Waals surface area contributed by atoms with Gasteiger partial charge < -0.3 is 5.11 Å². The Morgan fingerprint density at radius 3 is 2.54 bits per heavy atom. The van der Waals surface area contributed by atoms with E-state index in [1.165, 1.54) is 0 Å². The second kappa shape index (κ2) is 4.50. The summed E-state index contributed by atoms with van der Waals surface area (Å²) in [6, 6.07) is 7.19. The van der Waals surface area contributed by atoms with Crippen LogP contribution in [0.3, 0.4) is 0 Å². The van der Waals surface area contributed by atoms with Crippen LogP contribution in [0.4, 0.5) is 0 Å². The quantitative estimate of drug-likeness (QED) is 0.430. The Labute approximate surface area is 76.5 Å². The van der Waals surface area contributed by atoms with Crippen LogP contribution in [0.15, 0.2) is 29.4 Å². The van der Waals surface area contributed by atoms with Gasteiger partial charge in [-0.05, 0) is 16.7 Å². The molecule has 0 aliphatic heterocycles. The van der Waals surface area contributed by atoms with Crippen molar-refractivity contribution in [3.05, 3.63) is 45.8 Å². The van der Waals surface area contributed by atoms with Crippen LogP contribution in [-0.2, 0) is 6.61 Å². The molecule has 0 saturated heterocycles. The normalized spacial score (nSPS) is 11.8. The molecule has 0 bridgehead atoms. The fourth-order valence-corrected chi connectivity index (χ4v) is 1.05. The van der Waals surface area contributed by atoms with E-state index in [4.69, 9.17) is 10.6 Å². The Morgan fingerprint density at radius 2 is 2.08 bits per heavy atom. The molecule has 0 aliphatic carbocycles. The van der Waals surface area contributed by atoms with Gasteiger partial charge in [-0.2, -0.15) is 0 Å². The van der Waals surface area contributed by atoms with Gasteiger partial charge in [0.15, 0.2) is 0 Å². The molecule has 0 radical (unpaired) electrons. The molecule has 1 N–H and O–H groups in total. The minimum absolute atomic E-state index is 0.0379. The maximum atomic E-state index is 8.79. The predicted molar refractivity (Wildman–Crippen MR) is 49.9 cm³/mol. The molecule has 1 aromatic rings. The highest BCUT2D eigenvalue weighted by Gasteiger charge is 2.01. The second-order valence-electron chi connectivity index (χ2n) is 2.78. The first-order valence-corrected chi connectivity index (χ1v) is 4.02. The van der Waals surface area contributed by atoms with Gasteiger partial charge >= 0.3 is 0 Å². The first kappa shape index (κ1) is 9.58. The molecule has 1 rings (SSSR count). The zero-order chi connectivity index (χ0) is 9.68. The third-order valence-electron chi connectivity index (χ3n) is 1.87. The largest absolute Gasteiger partial charge is 0.392 e. The van der Waals surface area contributed by atoms with Crippen molar-refractivity contribution in [2.45, 2.75) is 19.6 Å². The minimum atomic E-state index is -0.155. The van der Waals surface area contributed by atoms with Crippen LogP contribution in [-0.4, -0.2) is 5.11 Å². The van der Waals surface area contributed by atoms with Gasteiger partial charge in [0, 0.05) is 4.91 Å². The molecule has 4 nitrogen and oxygen atoms in total. The van der Waals surface area contributed by atoms with E-state index in [1.54, 1.807) is 0 Å². The van der Waals surface area contributed by atoms with Gasteiger partial charge in [-0.25, -0.2) is 0 Å². The van der Waals surface area contributed by atoms with Crippen molar-refractivity contribution < 1.29 is 5.11 Å². The summed E-state index contributed by atoms with van der Waals surface area (Å²) in [6.07, 6.45) is 0. The lowest BCUT2D eigenvalue weighted by Crippen LogP contribution is -1.89. The van der Waals surface area contributed by atoms with E-state index in [1.807, 2.05) is 31.2 Å². The van der Waals surface area contributed by atoms with Crippen molar-refractivity contribution in [1.82, 2.24) is 0 Å². The molecular weight excluding hydrogens is 166 g/mol. The number of rotatable bonds is 3. The molecule has 1 atom stereocenters. The standard InChI is InChI=1S/C9H11N3O/c1-7(11-12-10)9-4-2-8(6-13)3-5-9/h2-5,7,13H,6H2,1H3. The lowest BCUT2D eigenvalue weighted by atomic mass is 10.1. The fourth-order valence-electron chi connectivity index (χ4n) is 1.05. The van der Waals surface area contributed by atoms with Crippen LogP contribution in [0.2, 0.25) is 0 Å². The summed E-state index contributed by atoms with van der Waals surface area (Å²) in [4.78, 5) is 2.73. The summed E-state index contributed by atoms with van der Waals surface area (Å²) in [5.74, 6) is 0. The van der Waals surface area contributed by atoms with E-state index in [0.29, 0.717) is 0 Å². The third-order valence-corrected chi connectivity index (χ3v) is 1.87. The van der Waals surface area contributed by atoms with Crippen LogP contribution in [0.5, 0.6) is 0 Å². The topological polar surface area (TPSA) is 69.0 Å². The van der Waals surface area contributed by atoms with Crippen LogP contribution in [0.1, 0.15) is 24.1 Å². The van der Waals surface area contributed by atoms with E-state index in [-0.39, 0.29) is 12.6 Å².